The number of aromatic nitrogens is 1. The molecule has 4 aromatic rings. The minimum atomic E-state index is -0.220. The Morgan fingerprint density at radius 1 is 1.16 bits per heavy atom. The summed E-state index contributed by atoms with van der Waals surface area (Å²) in [6, 6.07) is 11.5. The highest BCUT2D eigenvalue weighted by molar-refractivity contribution is 7.16. The van der Waals surface area contributed by atoms with Gasteiger partial charge in [0, 0.05) is 16.1 Å². The van der Waals surface area contributed by atoms with Crippen LogP contribution in [0.25, 0.3) is 0 Å². The monoisotopic (exact) mass is 449 g/mol. The van der Waals surface area contributed by atoms with Crippen LogP contribution in [-0.2, 0) is 12.8 Å². The topological polar surface area (TPSA) is 67.2 Å². The van der Waals surface area contributed by atoms with Crippen molar-refractivity contribution in [1.29, 1.82) is 0 Å². The van der Waals surface area contributed by atoms with E-state index in [9.17, 15) is 4.79 Å². The fourth-order valence-corrected chi connectivity index (χ4v) is 6.10. The largest absolute Gasteiger partial charge is 0.459 e. The number of aryl methyl sites for hydroxylation is 2. The number of fused-ring (bicyclic) bond motifs is 1. The first kappa shape index (κ1) is 20.0. The van der Waals surface area contributed by atoms with Gasteiger partial charge in [-0.25, -0.2) is 4.98 Å². The average Bonchev–Trinajstić information content (AvgIpc) is 3.53. The van der Waals surface area contributed by atoms with Gasteiger partial charge in [-0.3, -0.25) is 4.79 Å². The molecular weight excluding hydrogens is 426 g/mol. The highest BCUT2D eigenvalue weighted by Crippen LogP contribution is 2.44. The predicted molar refractivity (Wildman–Crippen MR) is 126 cm³/mol. The number of nitrogens with one attached hydrogen (secondary N) is 2. The molecule has 0 saturated heterocycles. The molecule has 0 aromatic carbocycles. The quantitative estimate of drug-likeness (QED) is 0.355. The SMILES string of the molecule is Cc1cccc(N[C@@H](c2ccsc2)c2c(NC(=O)c3ccco3)sc3c2CCCC3)n1. The van der Waals surface area contributed by atoms with Crippen LogP contribution in [0, 0.1) is 6.92 Å². The van der Waals surface area contributed by atoms with E-state index in [4.69, 9.17) is 4.42 Å². The Hall–Kier alpha value is -2.90. The van der Waals surface area contributed by atoms with Gasteiger partial charge in [0.05, 0.1) is 12.3 Å². The Balaban J connectivity index is 1.59. The fraction of sp³-hybridized carbons (Fsp3) is 0.250. The lowest BCUT2D eigenvalue weighted by Crippen LogP contribution is -2.18. The second kappa shape index (κ2) is 8.69. The van der Waals surface area contributed by atoms with E-state index in [0.29, 0.717) is 5.76 Å². The number of rotatable bonds is 6. The van der Waals surface area contributed by atoms with Crippen LogP contribution in [0.1, 0.15) is 56.7 Å². The predicted octanol–water partition coefficient (Wildman–Crippen LogP) is 6.44. The molecule has 31 heavy (non-hydrogen) atoms. The van der Waals surface area contributed by atoms with Crippen LogP contribution >= 0.6 is 22.7 Å². The zero-order chi connectivity index (χ0) is 21.2. The van der Waals surface area contributed by atoms with Gasteiger partial charge in [-0.2, -0.15) is 11.3 Å². The molecule has 158 valence electrons. The third-order valence-electron chi connectivity index (χ3n) is 5.53. The molecule has 1 aliphatic carbocycles. The van der Waals surface area contributed by atoms with Crippen LogP contribution in [-0.4, -0.2) is 10.9 Å². The molecule has 0 bridgehead atoms. The lowest BCUT2D eigenvalue weighted by molar-refractivity contribution is 0.0997. The third kappa shape index (κ3) is 4.16. The summed E-state index contributed by atoms with van der Waals surface area (Å²) < 4.78 is 5.32. The van der Waals surface area contributed by atoms with Gasteiger partial charge >= 0.3 is 0 Å². The van der Waals surface area contributed by atoms with E-state index in [2.05, 4.69) is 32.4 Å². The normalized spacial score (nSPS) is 14.1. The maximum absolute atomic E-state index is 12.8. The number of pyridine rings is 1. The first-order valence-corrected chi connectivity index (χ1v) is 12.2. The minimum absolute atomic E-state index is 0.0921. The van der Waals surface area contributed by atoms with E-state index in [1.54, 1.807) is 34.8 Å². The summed E-state index contributed by atoms with van der Waals surface area (Å²) >= 11 is 3.37. The van der Waals surface area contributed by atoms with Gasteiger partial charge in [-0.05, 0) is 84.8 Å². The fourth-order valence-electron chi connectivity index (χ4n) is 4.09. The Kier molecular flexibility index (Phi) is 5.61. The zero-order valence-electron chi connectivity index (χ0n) is 17.2. The first-order chi connectivity index (χ1) is 15.2. The van der Waals surface area contributed by atoms with Crippen LogP contribution < -0.4 is 10.6 Å². The number of hydrogen-bond donors (Lipinski definition) is 2. The molecule has 4 heterocycles. The summed E-state index contributed by atoms with van der Waals surface area (Å²) in [6.45, 7) is 1.99. The molecule has 7 heteroatoms. The van der Waals surface area contributed by atoms with Gasteiger partial charge in [-0.1, -0.05) is 6.07 Å². The third-order valence-corrected chi connectivity index (χ3v) is 7.45. The van der Waals surface area contributed by atoms with E-state index in [1.807, 2.05) is 25.1 Å². The average molecular weight is 450 g/mol. The Labute approximate surface area is 189 Å². The van der Waals surface area contributed by atoms with E-state index < -0.39 is 0 Å². The summed E-state index contributed by atoms with van der Waals surface area (Å²) in [6.07, 6.45) is 5.97. The van der Waals surface area contributed by atoms with Crippen LogP contribution in [0.5, 0.6) is 0 Å². The summed E-state index contributed by atoms with van der Waals surface area (Å²) in [5.41, 5.74) is 4.66. The van der Waals surface area contributed by atoms with Gasteiger partial charge in [0.2, 0.25) is 0 Å². The molecule has 4 aromatic heterocycles. The van der Waals surface area contributed by atoms with Crippen molar-refractivity contribution in [1.82, 2.24) is 4.98 Å². The molecule has 0 fully saturated rings. The molecule has 0 unspecified atom stereocenters. The molecule has 1 atom stereocenters. The number of hydrogen-bond acceptors (Lipinski definition) is 6. The van der Waals surface area contributed by atoms with Gasteiger partial charge in [0.25, 0.3) is 5.91 Å². The summed E-state index contributed by atoms with van der Waals surface area (Å²) in [5, 5.41) is 11.9. The van der Waals surface area contributed by atoms with Gasteiger partial charge in [-0.15, -0.1) is 11.3 Å². The summed E-state index contributed by atoms with van der Waals surface area (Å²) in [4.78, 5) is 18.9. The van der Waals surface area contributed by atoms with Crippen molar-refractivity contribution in [3.8, 4) is 0 Å². The van der Waals surface area contributed by atoms with Crippen molar-refractivity contribution in [3.63, 3.8) is 0 Å². The van der Waals surface area contributed by atoms with Crippen LogP contribution in [0.3, 0.4) is 0 Å². The van der Waals surface area contributed by atoms with Crippen LogP contribution in [0.15, 0.2) is 57.8 Å². The standard InChI is InChI=1S/C24H23N3O2S2/c1-15-6-4-10-20(25-15)26-22(16-11-13-30-14-16)21-17-7-2-3-9-19(17)31-24(21)27-23(28)18-8-5-12-29-18/h4-6,8,10-14,22H,2-3,7,9H2,1H3,(H,25,26)(H,27,28)/t22-/m0/s1. The second-order valence-electron chi connectivity index (χ2n) is 7.68. The van der Waals surface area contributed by atoms with Gasteiger partial charge in [0.1, 0.15) is 10.8 Å². The molecule has 1 amide bonds. The van der Waals surface area contributed by atoms with Crippen molar-refractivity contribution >= 4 is 39.4 Å². The molecule has 0 spiro atoms. The summed E-state index contributed by atoms with van der Waals surface area (Å²) in [7, 11) is 0. The van der Waals surface area contributed by atoms with E-state index in [0.717, 1.165) is 34.9 Å². The smallest absolute Gasteiger partial charge is 0.291 e. The molecule has 2 N–H and O–H groups in total. The van der Waals surface area contributed by atoms with Crippen molar-refractivity contribution in [2.45, 2.75) is 38.6 Å². The van der Waals surface area contributed by atoms with Crippen molar-refractivity contribution in [2.75, 3.05) is 10.6 Å². The van der Waals surface area contributed by atoms with E-state index in [1.165, 1.54) is 35.1 Å². The van der Waals surface area contributed by atoms with E-state index >= 15 is 0 Å². The number of furan rings is 1. The van der Waals surface area contributed by atoms with Gasteiger partial charge < -0.3 is 15.1 Å². The highest BCUT2D eigenvalue weighted by Gasteiger charge is 2.29. The molecular formula is C24H23N3O2S2. The Morgan fingerprint density at radius 2 is 2.06 bits per heavy atom. The molecule has 1 aliphatic rings. The molecule has 5 nitrogen and oxygen atoms in total. The minimum Gasteiger partial charge on any atom is -0.459 e. The number of amides is 1. The zero-order valence-corrected chi connectivity index (χ0v) is 18.8. The maximum atomic E-state index is 12.8. The Morgan fingerprint density at radius 3 is 2.84 bits per heavy atom. The number of carbonyl (C=O) groups is 1. The molecule has 0 aliphatic heterocycles. The first-order valence-electron chi connectivity index (χ1n) is 10.4. The maximum Gasteiger partial charge on any atom is 0.291 e. The molecule has 0 saturated carbocycles. The van der Waals surface area contributed by atoms with E-state index in [-0.39, 0.29) is 11.9 Å². The van der Waals surface area contributed by atoms with Crippen LogP contribution in [0.4, 0.5) is 10.8 Å². The number of nitrogens with zero attached hydrogens (tertiary/aromatic N) is 1. The molecule has 5 rings (SSSR count). The second-order valence-corrected chi connectivity index (χ2v) is 9.57. The van der Waals surface area contributed by atoms with Crippen molar-refractivity contribution < 1.29 is 9.21 Å². The number of anilines is 2. The van der Waals surface area contributed by atoms with Crippen molar-refractivity contribution in [2.24, 2.45) is 0 Å². The lowest BCUT2D eigenvalue weighted by atomic mass is 9.90. The highest BCUT2D eigenvalue weighted by atomic mass is 32.1. The van der Waals surface area contributed by atoms with Crippen LogP contribution in [0.2, 0.25) is 0 Å². The van der Waals surface area contributed by atoms with Gasteiger partial charge in [0.15, 0.2) is 5.76 Å². The number of carbonyl (C=O) groups excluding carboxylic acids is 1. The molecule has 0 radical (unpaired) electrons. The number of thiophene rings is 2. The van der Waals surface area contributed by atoms with Crippen molar-refractivity contribution in [3.05, 3.63) is 86.4 Å². The summed E-state index contributed by atoms with van der Waals surface area (Å²) in [5.74, 6) is 0.926. The Bertz CT molecular complexity index is 1180. The lowest BCUT2D eigenvalue weighted by Gasteiger charge is -2.23.